The van der Waals surface area contributed by atoms with E-state index in [1.165, 1.54) is 0 Å². The predicted molar refractivity (Wildman–Crippen MR) is 77.5 cm³/mol. The minimum absolute atomic E-state index is 0.0441. The van der Waals surface area contributed by atoms with Crippen molar-refractivity contribution in [3.05, 3.63) is 0 Å². The summed E-state index contributed by atoms with van der Waals surface area (Å²) < 4.78 is 0. The maximum atomic E-state index is 11.4. The summed E-state index contributed by atoms with van der Waals surface area (Å²) in [5.41, 5.74) is 11.8. The first-order chi connectivity index (χ1) is 9.88. The molecule has 6 unspecified atom stereocenters. The minimum atomic E-state index is -0.797. The van der Waals surface area contributed by atoms with Crippen molar-refractivity contribution in [3.8, 4) is 0 Å². The van der Waals surface area contributed by atoms with E-state index in [4.69, 9.17) is 11.5 Å². The smallest absolute Gasteiger partial charge is 0.306 e. The van der Waals surface area contributed by atoms with Gasteiger partial charge in [0.05, 0.1) is 11.8 Å². The number of carboxylic acids is 2. The van der Waals surface area contributed by atoms with Crippen molar-refractivity contribution >= 4 is 11.9 Å². The number of rotatable bonds is 4. The molecule has 2 saturated carbocycles. The Balaban J connectivity index is 2.04. The van der Waals surface area contributed by atoms with Crippen LogP contribution in [0, 0.1) is 23.7 Å². The molecular formula is C15H26N2O4. The van der Waals surface area contributed by atoms with E-state index < -0.39 is 23.8 Å². The molecule has 2 aliphatic rings. The molecule has 6 N–H and O–H groups in total. The average Bonchev–Trinajstić information content (AvgIpc) is 2.42. The summed E-state index contributed by atoms with van der Waals surface area (Å²) in [5.74, 6) is -2.37. The molecule has 0 aromatic heterocycles. The van der Waals surface area contributed by atoms with Gasteiger partial charge in [0.25, 0.3) is 0 Å². The second-order valence-electron chi connectivity index (χ2n) is 6.79. The first kappa shape index (κ1) is 16.2. The zero-order chi connectivity index (χ0) is 15.6. The summed E-state index contributed by atoms with van der Waals surface area (Å²) in [5, 5.41) is 18.8. The van der Waals surface area contributed by atoms with E-state index in [1.807, 2.05) is 0 Å². The van der Waals surface area contributed by atoms with Gasteiger partial charge in [-0.3, -0.25) is 9.59 Å². The Morgan fingerprint density at radius 3 is 1.52 bits per heavy atom. The quantitative estimate of drug-likeness (QED) is 0.614. The van der Waals surface area contributed by atoms with E-state index in [2.05, 4.69) is 0 Å². The van der Waals surface area contributed by atoms with Gasteiger partial charge in [0.15, 0.2) is 0 Å². The van der Waals surface area contributed by atoms with Gasteiger partial charge < -0.3 is 21.7 Å². The summed E-state index contributed by atoms with van der Waals surface area (Å²) in [6, 6.07) is -0.0882. The molecule has 120 valence electrons. The fourth-order valence-electron chi connectivity index (χ4n) is 4.09. The topological polar surface area (TPSA) is 127 Å². The maximum absolute atomic E-state index is 11.4. The lowest BCUT2D eigenvalue weighted by Gasteiger charge is -2.38. The summed E-state index contributed by atoms with van der Waals surface area (Å²) in [7, 11) is 0. The van der Waals surface area contributed by atoms with E-state index in [-0.39, 0.29) is 23.9 Å². The predicted octanol–water partition coefficient (Wildman–Crippen LogP) is 1.03. The molecule has 0 heterocycles. The van der Waals surface area contributed by atoms with Crippen LogP contribution in [-0.2, 0) is 9.59 Å². The third kappa shape index (κ3) is 3.95. The van der Waals surface area contributed by atoms with Crippen molar-refractivity contribution in [1.29, 1.82) is 0 Å². The lowest BCUT2D eigenvalue weighted by molar-refractivity contribution is -0.147. The molecule has 0 radical (unpaired) electrons. The fraction of sp³-hybridized carbons (Fsp3) is 0.867. The largest absolute Gasteiger partial charge is 0.481 e. The molecule has 2 rings (SSSR count). The van der Waals surface area contributed by atoms with Gasteiger partial charge in [0, 0.05) is 12.1 Å². The van der Waals surface area contributed by atoms with Gasteiger partial charge in [0.1, 0.15) is 0 Å². The number of nitrogens with two attached hydrogens (primary N) is 2. The molecule has 6 heteroatoms. The Kier molecular flexibility index (Phi) is 5.22. The van der Waals surface area contributed by atoms with Gasteiger partial charge in [-0.25, -0.2) is 0 Å². The first-order valence-corrected chi connectivity index (χ1v) is 7.85. The molecule has 0 aliphatic heterocycles. The Morgan fingerprint density at radius 1 is 0.810 bits per heavy atom. The Bertz CT molecular complexity index is 365. The van der Waals surface area contributed by atoms with Crippen LogP contribution in [0.15, 0.2) is 0 Å². The molecular weight excluding hydrogens is 272 g/mol. The van der Waals surface area contributed by atoms with E-state index in [1.54, 1.807) is 0 Å². The normalized spacial score (nSPS) is 40.7. The molecule has 0 amide bonds. The second kappa shape index (κ2) is 6.75. The van der Waals surface area contributed by atoms with Gasteiger partial charge in [0.2, 0.25) is 0 Å². The molecule has 6 atom stereocenters. The van der Waals surface area contributed by atoms with Crippen LogP contribution in [-0.4, -0.2) is 34.2 Å². The number of carbonyl (C=O) groups is 2. The first-order valence-electron chi connectivity index (χ1n) is 7.85. The molecule has 0 aromatic rings. The third-order valence-corrected chi connectivity index (χ3v) is 5.31. The van der Waals surface area contributed by atoms with Crippen molar-refractivity contribution in [1.82, 2.24) is 0 Å². The molecule has 0 bridgehead atoms. The monoisotopic (exact) mass is 298 g/mol. The number of aliphatic carboxylic acids is 2. The average molecular weight is 298 g/mol. The Hall–Kier alpha value is -1.14. The summed E-state index contributed by atoms with van der Waals surface area (Å²) in [6.45, 7) is 0. The SMILES string of the molecule is NC1CCC(CC2CCC(N)CC2C(=O)O)C(C(=O)O)C1. The highest BCUT2D eigenvalue weighted by molar-refractivity contribution is 5.71. The van der Waals surface area contributed by atoms with Crippen molar-refractivity contribution in [2.45, 2.75) is 57.0 Å². The third-order valence-electron chi connectivity index (χ3n) is 5.31. The molecule has 0 spiro atoms. The number of hydrogen-bond acceptors (Lipinski definition) is 4. The zero-order valence-electron chi connectivity index (χ0n) is 12.3. The van der Waals surface area contributed by atoms with Crippen LogP contribution in [0.2, 0.25) is 0 Å². The number of hydrogen-bond donors (Lipinski definition) is 4. The molecule has 2 fully saturated rings. The standard InChI is InChI=1S/C15H26N2O4/c16-10-3-1-8(12(6-10)14(18)19)5-9-2-4-11(17)7-13(9)15(20)21/h8-13H,1-7,16-17H2,(H,18,19)(H,20,21). The summed E-state index contributed by atoms with van der Waals surface area (Å²) >= 11 is 0. The van der Waals surface area contributed by atoms with Crippen LogP contribution < -0.4 is 11.5 Å². The molecule has 6 nitrogen and oxygen atoms in total. The van der Waals surface area contributed by atoms with Crippen molar-refractivity contribution in [2.24, 2.45) is 35.1 Å². The van der Waals surface area contributed by atoms with Gasteiger partial charge in [-0.1, -0.05) is 0 Å². The van der Waals surface area contributed by atoms with E-state index in [0.717, 1.165) is 25.7 Å². The van der Waals surface area contributed by atoms with Gasteiger partial charge in [-0.05, 0) is 56.8 Å². The zero-order valence-corrected chi connectivity index (χ0v) is 12.3. The van der Waals surface area contributed by atoms with Crippen LogP contribution in [0.3, 0.4) is 0 Å². The lowest BCUT2D eigenvalue weighted by Crippen LogP contribution is -2.41. The number of carboxylic acid groups (broad SMARTS) is 2. The van der Waals surface area contributed by atoms with E-state index in [9.17, 15) is 19.8 Å². The van der Waals surface area contributed by atoms with Gasteiger partial charge in [-0.2, -0.15) is 0 Å². The van der Waals surface area contributed by atoms with Gasteiger partial charge in [-0.15, -0.1) is 0 Å². The summed E-state index contributed by atoms with van der Waals surface area (Å²) in [6.07, 6.45) is 4.91. The van der Waals surface area contributed by atoms with Gasteiger partial charge >= 0.3 is 11.9 Å². The Morgan fingerprint density at radius 2 is 1.19 bits per heavy atom. The summed E-state index contributed by atoms with van der Waals surface area (Å²) in [4.78, 5) is 22.9. The highest BCUT2D eigenvalue weighted by Crippen LogP contribution is 2.40. The Labute approximate surface area is 124 Å². The van der Waals surface area contributed by atoms with E-state index in [0.29, 0.717) is 19.3 Å². The molecule has 0 saturated heterocycles. The lowest BCUT2D eigenvalue weighted by atomic mass is 9.67. The molecule has 21 heavy (non-hydrogen) atoms. The van der Waals surface area contributed by atoms with Crippen LogP contribution in [0.4, 0.5) is 0 Å². The van der Waals surface area contributed by atoms with Crippen LogP contribution >= 0.6 is 0 Å². The second-order valence-corrected chi connectivity index (χ2v) is 6.79. The highest BCUT2D eigenvalue weighted by Gasteiger charge is 2.40. The molecule has 0 aromatic carbocycles. The van der Waals surface area contributed by atoms with E-state index >= 15 is 0 Å². The van der Waals surface area contributed by atoms with Crippen LogP contribution in [0.25, 0.3) is 0 Å². The fourth-order valence-corrected chi connectivity index (χ4v) is 4.09. The van der Waals surface area contributed by atoms with Crippen LogP contribution in [0.1, 0.15) is 44.9 Å². The van der Waals surface area contributed by atoms with Crippen molar-refractivity contribution in [2.75, 3.05) is 0 Å². The maximum Gasteiger partial charge on any atom is 0.306 e. The van der Waals surface area contributed by atoms with Crippen LogP contribution in [0.5, 0.6) is 0 Å². The van der Waals surface area contributed by atoms with Crippen molar-refractivity contribution < 1.29 is 19.8 Å². The van der Waals surface area contributed by atoms with Crippen molar-refractivity contribution in [3.63, 3.8) is 0 Å². The minimum Gasteiger partial charge on any atom is -0.481 e. The highest BCUT2D eigenvalue weighted by atomic mass is 16.4. The molecule has 2 aliphatic carbocycles.